The summed E-state index contributed by atoms with van der Waals surface area (Å²) in [4.78, 5) is 8.30. The van der Waals surface area contributed by atoms with E-state index in [1.807, 2.05) is 11.4 Å². The summed E-state index contributed by atoms with van der Waals surface area (Å²) < 4.78 is 6.44. The average Bonchev–Trinajstić information content (AvgIpc) is 2.74. The third-order valence-electron chi connectivity index (χ3n) is 1.78. The number of thiazole rings is 1. The SMILES string of the molecule is ClCc1csc(COc2cncc(Br)c2)n1. The van der Waals surface area contributed by atoms with Gasteiger partial charge in [-0.2, -0.15) is 0 Å². The highest BCUT2D eigenvalue weighted by molar-refractivity contribution is 9.10. The van der Waals surface area contributed by atoms with Gasteiger partial charge in [0.25, 0.3) is 0 Å². The molecule has 0 aliphatic heterocycles. The van der Waals surface area contributed by atoms with Gasteiger partial charge in [-0.3, -0.25) is 4.98 Å². The molecule has 0 aliphatic carbocycles. The minimum absolute atomic E-state index is 0.439. The second-order valence-electron chi connectivity index (χ2n) is 2.99. The molecule has 2 aromatic rings. The number of alkyl halides is 1. The molecular formula is C10H8BrClN2OS. The second-order valence-corrected chi connectivity index (χ2v) is 5.12. The molecule has 84 valence electrons. The van der Waals surface area contributed by atoms with Crippen molar-refractivity contribution in [1.82, 2.24) is 9.97 Å². The third kappa shape index (κ3) is 3.17. The standard InChI is InChI=1S/C10H8BrClN2OS/c11-7-1-9(4-13-3-7)15-5-10-14-8(2-12)6-16-10/h1,3-4,6H,2,5H2. The van der Waals surface area contributed by atoms with E-state index in [1.165, 1.54) is 0 Å². The zero-order valence-electron chi connectivity index (χ0n) is 8.19. The van der Waals surface area contributed by atoms with E-state index < -0.39 is 0 Å². The van der Waals surface area contributed by atoms with E-state index in [0.717, 1.165) is 20.9 Å². The van der Waals surface area contributed by atoms with Crippen molar-refractivity contribution in [3.05, 3.63) is 39.0 Å². The van der Waals surface area contributed by atoms with Crippen LogP contribution in [-0.2, 0) is 12.5 Å². The van der Waals surface area contributed by atoms with Crippen LogP contribution in [0.25, 0.3) is 0 Å². The lowest BCUT2D eigenvalue weighted by Gasteiger charge is -2.03. The number of nitrogens with zero attached hydrogens (tertiary/aromatic N) is 2. The van der Waals surface area contributed by atoms with Gasteiger partial charge in [-0.15, -0.1) is 22.9 Å². The van der Waals surface area contributed by atoms with Crippen molar-refractivity contribution in [3.63, 3.8) is 0 Å². The van der Waals surface area contributed by atoms with E-state index in [0.29, 0.717) is 12.5 Å². The lowest BCUT2D eigenvalue weighted by Crippen LogP contribution is -1.95. The first-order valence-corrected chi connectivity index (χ1v) is 6.71. The molecule has 0 fully saturated rings. The predicted molar refractivity (Wildman–Crippen MR) is 67.9 cm³/mol. The van der Waals surface area contributed by atoms with Crippen LogP contribution >= 0.6 is 38.9 Å². The fraction of sp³-hybridized carbons (Fsp3) is 0.200. The van der Waals surface area contributed by atoms with Crippen molar-refractivity contribution in [2.24, 2.45) is 0 Å². The molecule has 6 heteroatoms. The van der Waals surface area contributed by atoms with Crippen molar-refractivity contribution < 1.29 is 4.74 Å². The lowest BCUT2D eigenvalue weighted by molar-refractivity contribution is 0.304. The van der Waals surface area contributed by atoms with Crippen LogP contribution in [0.15, 0.2) is 28.3 Å². The molecule has 0 bridgehead atoms. The molecule has 0 aromatic carbocycles. The number of aromatic nitrogens is 2. The first-order chi connectivity index (χ1) is 7.78. The lowest BCUT2D eigenvalue weighted by atomic mass is 10.5. The average molecular weight is 320 g/mol. The van der Waals surface area contributed by atoms with Crippen LogP contribution in [0.1, 0.15) is 10.7 Å². The molecule has 16 heavy (non-hydrogen) atoms. The zero-order chi connectivity index (χ0) is 11.4. The topological polar surface area (TPSA) is 35.0 Å². The molecule has 0 aliphatic rings. The first-order valence-electron chi connectivity index (χ1n) is 4.50. The van der Waals surface area contributed by atoms with Gasteiger partial charge in [-0.1, -0.05) is 0 Å². The van der Waals surface area contributed by atoms with Gasteiger partial charge in [-0.05, 0) is 22.0 Å². The number of rotatable bonds is 4. The molecule has 3 nitrogen and oxygen atoms in total. The highest BCUT2D eigenvalue weighted by Gasteiger charge is 2.02. The number of pyridine rings is 1. The maximum Gasteiger partial charge on any atom is 0.140 e. The Morgan fingerprint density at radius 1 is 1.44 bits per heavy atom. The van der Waals surface area contributed by atoms with Gasteiger partial charge in [0.15, 0.2) is 0 Å². The highest BCUT2D eigenvalue weighted by Crippen LogP contribution is 2.18. The summed E-state index contributed by atoms with van der Waals surface area (Å²) in [5.41, 5.74) is 0.887. The van der Waals surface area contributed by atoms with Crippen LogP contribution in [0.5, 0.6) is 5.75 Å². The molecule has 0 amide bonds. The van der Waals surface area contributed by atoms with Crippen LogP contribution in [0, 0.1) is 0 Å². The van der Waals surface area contributed by atoms with Crippen LogP contribution in [0.3, 0.4) is 0 Å². The molecule has 0 radical (unpaired) electrons. The summed E-state index contributed by atoms with van der Waals surface area (Å²) in [5, 5.41) is 2.85. The summed E-state index contributed by atoms with van der Waals surface area (Å²) in [6.45, 7) is 0.444. The van der Waals surface area contributed by atoms with E-state index in [9.17, 15) is 0 Å². The Bertz CT molecular complexity index is 477. The normalized spacial score (nSPS) is 10.4. The maximum atomic E-state index is 5.67. The highest BCUT2D eigenvalue weighted by atomic mass is 79.9. The number of ether oxygens (including phenoxy) is 1. The number of hydrogen-bond acceptors (Lipinski definition) is 4. The monoisotopic (exact) mass is 318 g/mol. The van der Waals surface area contributed by atoms with Crippen molar-refractivity contribution in [1.29, 1.82) is 0 Å². The largest absolute Gasteiger partial charge is 0.485 e. The molecule has 0 spiro atoms. The molecule has 0 saturated heterocycles. The summed E-state index contributed by atoms with van der Waals surface area (Å²) >= 11 is 10.5. The number of halogens is 2. The van der Waals surface area contributed by atoms with E-state index in [-0.39, 0.29) is 0 Å². The van der Waals surface area contributed by atoms with E-state index in [2.05, 4.69) is 25.9 Å². The van der Waals surface area contributed by atoms with E-state index in [4.69, 9.17) is 16.3 Å². The molecule has 2 aromatic heterocycles. The minimum Gasteiger partial charge on any atom is -0.485 e. The first kappa shape index (κ1) is 11.8. The predicted octanol–water partition coefficient (Wildman–Crippen LogP) is 3.62. The van der Waals surface area contributed by atoms with Crippen LogP contribution in [-0.4, -0.2) is 9.97 Å². The molecule has 2 heterocycles. The Morgan fingerprint density at radius 2 is 2.31 bits per heavy atom. The van der Waals surface area contributed by atoms with Gasteiger partial charge in [0.05, 0.1) is 17.8 Å². The van der Waals surface area contributed by atoms with E-state index in [1.54, 1.807) is 23.7 Å². The number of hydrogen-bond donors (Lipinski definition) is 0. The Labute approximate surface area is 111 Å². The van der Waals surface area contributed by atoms with Crippen molar-refractivity contribution in [2.75, 3.05) is 0 Å². The summed E-state index contributed by atoms with van der Waals surface area (Å²) in [6.07, 6.45) is 3.38. The Morgan fingerprint density at radius 3 is 3.00 bits per heavy atom. The Kier molecular flexibility index (Phi) is 4.15. The summed E-state index contributed by atoms with van der Waals surface area (Å²) in [5.74, 6) is 1.16. The molecule has 2 rings (SSSR count). The van der Waals surface area contributed by atoms with Gasteiger partial charge >= 0.3 is 0 Å². The van der Waals surface area contributed by atoms with Crippen LogP contribution < -0.4 is 4.74 Å². The fourth-order valence-corrected chi connectivity index (χ4v) is 2.37. The molecule has 0 atom stereocenters. The van der Waals surface area contributed by atoms with Gasteiger partial charge in [0.1, 0.15) is 17.4 Å². The Balaban J connectivity index is 1.96. The Hall–Kier alpha value is -0.650. The molecule has 0 saturated carbocycles. The third-order valence-corrected chi connectivity index (χ3v) is 3.36. The smallest absolute Gasteiger partial charge is 0.140 e. The minimum atomic E-state index is 0.439. The molecular weight excluding hydrogens is 312 g/mol. The zero-order valence-corrected chi connectivity index (χ0v) is 11.3. The summed E-state index contributed by atoms with van der Waals surface area (Å²) in [7, 11) is 0. The maximum absolute atomic E-state index is 5.67. The van der Waals surface area contributed by atoms with Gasteiger partial charge in [0.2, 0.25) is 0 Å². The fourth-order valence-electron chi connectivity index (χ4n) is 1.09. The van der Waals surface area contributed by atoms with Crippen molar-refractivity contribution in [2.45, 2.75) is 12.5 Å². The van der Waals surface area contributed by atoms with Gasteiger partial charge in [0, 0.05) is 16.0 Å². The molecule has 0 unspecified atom stereocenters. The van der Waals surface area contributed by atoms with Crippen LogP contribution in [0.4, 0.5) is 0 Å². The van der Waals surface area contributed by atoms with Gasteiger partial charge < -0.3 is 4.74 Å². The summed E-state index contributed by atoms with van der Waals surface area (Å²) in [6, 6.07) is 1.86. The van der Waals surface area contributed by atoms with E-state index >= 15 is 0 Å². The van der Waals surface area contributed by atoms with Crippen molar-refractivity contribution >= 4 is 38.9 Å². The van der Waals surface area contributed by atoms with Gasteiger partial charge in [-0.25, -0.2) is 4.98 Å². The molecule has 0 N–H and O–H groups in total. The van der Waals surface area contributed by atoms with Crippen LogP contribution in [0.2, 0.25) is 0 Å². The van der Waals surface area contributed by atoms with Crippen molar-refractivity contribution in [3.8, 4) is 5.75 Å². The second kappa shape index (κ2) is 5.61. The quantitative estimate of drug-likeness (QED) is 0.807.